The zero-order valence-electron chi connectivity index (χ0n) is 12.4. The topological polar surface area (TPSA) is 12.0 Å². The summed E-state index contributed by atoms with van der Waals surface area (Å²) in [6, 6.07) is 18.7. The van der Waals surface area contributed by atoms with E-state index >= 15 is 0 Å². The summed E-state index contributed by atoms with van der Waals surface area (Å²) in [5, 5.41) is 4.05. The Bertz CT molecular complexity index is 710. The Morgan fingerprint density at radius 1 is 0.909 bits per heavy atom. The molecule has 2 atom stereocenters. The molecule has 1 nitrogen and oxygen atoms in total. The van der Waals surface area contributed by atoms with Gasteiger partial charge in [0, 0.05) is 6.04 Å². The molecular formula is C19H19NS2. The molecule has 2 aromatic carbocycles. The van der Waals surface area contributed by atoms with Crippen molar-refractivity contribution in [2.24, 2.45) is 0 Å². The Hall–Kier alpha value is -0.900. The third-order valence-corrected chi connectivity index (χ3v) is 8.39. The summed E-state index contributed by atoms with van der Waals surface area (Å²) in [6.45, 7) is 0. The predicted octanol–water partition coefficient (Wildman–Crippen LogP) is 4.33. The van der Waals surface area contributed by atoms with Crippen molar-refractivity contribution in [3.8, 4) is 0 Å². The van der Waals surface area contributed by atoms with Gasteiger partial charge in [-0.05, 0) is 46.6 Å². The molecule has 3 aliphatic heterocycles. The first-order valence-corrected chi connectivity index (χ1v) is 10.2. The van der Waals surface area contributed by atoms with Crippen molar-refractivity contribution in [2.75, 3.05) is 11.5 Å². The van der Waals surface area contributed by atoms with Gasteiger partial charge in [-0.3, -0.25) is 5.32 Å². The van der Waals surface area contributed by atoms with E-state index in [0.717, 1.165) is 6.42 Å². The Balaban J connectivity index is 1.77. The zero-order valence-corrected chi connectivity index (χ0v) is 14.1. The molecule has 2 unspecified atom stereocenters. The van der Waals surface area contributed by atoms with Gasteiger partial charge < -0.3 is 0 Å². The van der Waals surface area contributed by atoms with Crippen LogP contribution in [0.15, 0.2) is 48.5 Å². The Kier molecular flexibility index (Phi) is 3.11. The molecule has 0 amide bonds. The SMILES string of the molecule is c1ccc2c(c1)CC1NC2(C2SCCCS2)c2ccccc21. The van der Waals surface area contributed by atoms with Crippen molar-refractivity contribution in [1.29, 1.82) is 0 Å². The summed E-state index contributed by atoms with van der Waals surface area (Å²) in [4.78, 5) is 0. The molecule has 0 aromatic heterocycles. The molecule has 3 heterocycles. The lowest BCUT2D eigenvalue weighted by Crippen LogP contribution is -2.50. The molecule has 22 heavy (non-hydrogen) atoms. The van der Waals surface area contributed by atoms with E-state index in [-0.39, 0.29) is 5.54 Å². The van der Waals surface area contributed by atoms with E-state index in [9.17, 15) is 0 Å². The Morgan fingerprint density at radius 3 is 2.50 bits per heavy atom. The van der Waals surface area contributed by atoms with Crippen LogP contribution in [0.1, 0.15) is 34.7 Å². The van der Waals surface area contributed by atoms with Crippen LogP contribution in [0, 0.1) is 0 Å². The number of fused-ring (bicyclic) bond motifs is 7. The van der Waals surface area contributed by atoms with Crippen molar-refractivity contribution < 1.29 is 0 Å². The molecule has 3 aliphatic rings. The molecule has 0 radical (unpaired) electrons. The van der Waals surface area contributed by atoms with E-state index in [4.69, 9.17) is 0 Å². The maximum absolute atomic E-state index is 4.05. The molecule has 1 fully saturated rings. The fourth-order valence-corrected chi connectivity index (χ4v) is 7.68. The molecule has 0 saturated carbocycles. The van der Waals surface area contributed by atoms with Crippen LogP contribution in [0.3, 0.4) is 0 Å². The van der Waals surface area contributed by atoms with Crippen LogP contribution in [0.25, 0.3) is 0 Å². The van der Waals surface area contributed by atoms with Gasteiger partial charge in [-0.2, -0.15) is 0 Å². The summed E-state index contributed by atoms with van der Waals surface area (Å²) < 4.78 is 0.578. The minimum Gasteiger partial charge on any atom is -0.295 e. The van der Waals surface area contributed by atoms with Gasteiger partial charge in [0.2, 0.25) is 0 Å². The maximum Gasteiger partial charge on any atom is 0.0914 e. The summed E-state index contributed by atoms with van der Waals surface area (Å²) >= 11 is 4.29. The first kappa shape index (κ1) is 13.5. The number of nitrogens with one attached hydrogen (secondary N) is 1. The first-order valence-electron chi connectivity index (χ1n) is 8.08. The highest BCUT2D eigenvalue weighted by atomic mass is 32.2. The molecule has 112 valence electrons. The highest BCUT2D eigenvalue weighted by molar-refractivity contribution is 8.17. The monoisotopic (exact) mass is 325 g/mol. The second kappa shape index (κ2) is 5.05. The summed E-state index contributed by atoms with van der Waals surface area (Å²) in [5.74, 6) is 2.58. The molecule has 1 N–H and O–H groups in total. The number of rotatable bonds is 1. The smallest absolute Gasteiger partial charge is 0.0914 e. The lowest BCUT2D eigenvalue weighted by atomic mass is 9.82. The third kappa shape index (κ3) is 1.73. The van der Waals surface area contributed by atoms with E-state index in [0.29, 0.717) is 10.6 Å². The standard InChI is InChI=1S/C19H19NS2/c1-3-8-15-13(6-1)12-17-14-7-2-4-9-16(14)19(15,20-17)18-21-10-5-11-22-18/h1-4,6-9,17-18,20H,5,10-12H2. The van der Waals surface area contributed by atoms with Crippen LogP contribution in [-0.2, 0) is 12.0 Å². The average Bonchev–Trinajstić information content (AvgIpc) is 2.87. The van der Waals surface area contributed by atoms with E-state index < -0.39 is 0 Å². The van der Waals surface area contributed by atoms with Gasteiger partial charge in [0.05, 0.1) is 10.1 Å². The minimum absolute atomic E-state index is 0.00581. The fraction of sp³-hybridized carbons (Fsp3) is 0.368. The molecule has 2 bridgehead atoms. The van der Waals surface area contributed by atoms with E-state index in [1.54, 1.807) is 0 Å². The van der Waals surface area contributed by atoms with Crippen molar-refractivity contribution in [2.45, 2.75) is 29.0 Å². The third-order valence-electron chi connectivity index (χ3n) is 5.21. The van der Waals surface area contributed by atoms with Gasteiger partial charge in [0.1, 0.15) is 0 Å². The van der Waals surface area contributed by atoms with Crippen LogP contribution in [0.5, 0.6) is 0 Å². The van der Waals surface area contributed by atoms with Gasteiger partial charge in [0.25, 0.3) is 0 Å². The molecule has 0 aliphatic carbocycles. The lowest BCUT2D eigenvalue weighted by molar-refractivity contribution is 0.383. The van der Waals surface area contributed by atoms with Crippen LogP contribution in [0.4, 0.5) is 0 Å². The summed E-state index contributed by atoms with van der Waals surface area (Å²) in [6.07, 6.45) is 2.46. The van der Waals surface area contributed by atoms with Crippen LogP contribution >= 0.6 is 23.5 Å². The second-order valence-electron chi connectivity index (χ2n) is 6.38. The average molecular weight is 326 g/mol. The fourth-order valence-electron chi connectivity index (χ4n) is 4.34. The molecule has 2 aromatic rings. The highest BCUT2D eigenvalue weighted by Crippen LogP contribution is 2.56. The molecule has 3 heteroatoms. The lowest BCUT2D eigenvalue weighted by Gasteiger charge is -2.44. The Morgan fingerprint density at radius 2 is 1.64 bits per heavy atom. The molecular weight excluding hydrogens is 306 g/mol. The van der Waals surface area contributed by atoms with Gasteiger partial charge in [-0.1, -0.05) is 48.5 Å². The van der Waals surface area contributed by atoms with E-state index in [1.807, 2.05) is 0 Å². The van der Waals surface area contributed by atoms with Crippen molar-refractivity contribution in [1.82, 2.24) is 5.32 Å². The maximum atomic E-state index is 4.05. The van der Waals surface area contributed by atoms with Crippen molar-refractivity contribution in [3.63, 3.8) is 0 Å². The van der Waals surface area contributed by atoms with Gasteiger partial charge in [-0.15, -0.1) is 23.5 Å². The molecule has 5 rings (SSSR count). The predicted molar refractivity (Wildman–Crippen MR) is 96.6 cm³/mol. The minimum atomic E-state index is 0.00581. The second-order valence-corrected chi connectivity index (χ2v) is 9.10. The van der Waals surface area contributed by atoms with E-state index in [2.05, 4.69) is 77.4 Å². The Labute approximate surface area is 140 Å². The highest BCUT2D eigenvalue weighted by Gasteiger charge is 2.53. The van der Waals surface area contributed by atoms with Crippen molar-refractivity contribution in [3.05, 3.63) is 70.8 Å². The van der Waals surface area contributed by atoms with Crippen LogP contribution in [0.2, 0.25) is 0 Å². The van der Waals surface area contributed by atoms with Crippen LogP contribution in [-0.4, -0.2) is 16.1 Å². The summed E-state index contributed by atoms with van der Waals surface area (Å²) in [5.41, 5.74) is 6.10. The van der Waals surface area contributed by atoms with Crippen molar-refractivity contribution >= 4 is 23.5 Å². The normalized spacial score (nSPS) is 29.9. The van der Waals surface area contributed by atoms with Gasteiger partial charge >= 0.3 is 0 Å². The molecule has 0 spiro atoms. The van der Waals surface area contributed by atoms with E-state index in [1.165, 1.54) is 40.2 Å². The zero-order chi connectivity index (χ0) is 14.6. The number of benzene rings is 2. The largest absolute Gasteiger partial charge is 0.295 e. The number of hydrogen-bond donors (Lipinski definition) is 1. The van der Waals surface area contributed by atoms with Crippen LogP contribution < -0.4 is 5.32 Å². The number of thioether (sulfide) groups is 2. The first-order chi connectivity index (χ1) is 10.9. The van der Waals surface area contributed by atoms with Gasteiger partial charge in [-0.25, -0.2) is 0 Å². The number of hydrogen-bond acceptors (Lipinski definition) is 3. The van der Waals surface area contributed by atoms with Gasteiger partial charge in [0.15, 0.2) is 0 Å². The molecule has 1 saturated heterocycles. The quantitative estimate of drug-likeness (QED) is 0.838. The summed E-state index contributed by atoms with van der Waals surface area (Å²) in [7, 11) is 0.